The number of nitrogens with one attached hydrogen (secondary N) is 1. The Morgan fingerprint density at radius 2 is 1.55 bits per heavy atom. The van der Waals surface area contributed by atoms with Crippen LogP contribution in [0.5, 0.6) is 0 Å². The minimum absolute atomic E-state index is 0.180. The Hall–Kier alpha value is -3.12. The molecule has 3 aromatic carbocycles. The van der Waals surface area contributed by atoms with Gasteiger partial charge in [-0.2, -0.15) is 0 Å². The highest BCUT2D eigenvalue weighted by atomic mass is 32.2. The molecule has 1 amide bonds. The van der Waals surface area contributed by atoms with E-state index < -0.39 is 10.0 Å². The standard InChI is InChI=1S/C25H28N2O3S/c1-17-10-14-22(15-11-17)31(29,30)27(5)24-9-7-6-8-23(24)25(28)26-20(4)21-13-12-18(2)19(3)16-21/h6-16,20H,1-5H3,(H,26,28). The molecule has 0 aliphatic rings. The molecule has 5 nitrogen and oxygen atoms in total. The van der Waals surface area contributed by atoms with Gasteiger partial charge in [0.1, 0.15) is 0 Å². The first-order valence-electron chi connectivity index (χ1n) is 10.1. The summed E-state index contributed by atoms with van der Waals surface area (Å²) in [4.78, 5) is 13.3. The Bertz CT molecular complexity index is 1200. The number of benzene rings is 3. The number of sulfonamides is 1. The maximum absolute atomic E-state index is 13.1. The Morgan fingerprint density at radius 3 is 2.19 bits per heavy atom. The summed E-state index contributed by atoms with van der Waals surface area (Å²) in [6.07, 6.45) is 0. The number of rotatable bonds is 6. The molecule has 0 radical (unpaired) electrons. The van der Waals surface area contributed by atoms with Gasteiger partial charge >= 0.3 is 0 Å². The topological polar surface area (TPSA) is 66.5 Å². The minimum atomic E-state index is -3.80. The van der Waals surface area contributed by atoms with Crippen LogP contribution in [-0.2, 0) is 10.0 Å². The molecule has 6 heteroatoms. The summed E-state index contributed by atoms with van der Waals surface area (Å²) >= 11 is 0. The number of aryl methyl sites for hydroxylation is 3. The van der Waals surface area contributed by atoms with E-state index in [1.165, 1.54) is 12.6 Å². The first-order valence-corrected chi connectivity index (χ1v) is 11.6. The Labute approximate surface area is 184 Å². The maximum atomic E-state index is 13.1. The SMILES string of the molecule is Cc1ccc(S(=O)(=O)N(C)c2ccccc2C(=O)NC(C)c2ccc(C)c(C)c2)cc1. The molecule has 0 aromatic heterocycles. The molecule has 0 spiro atoms. The van der Waals surface area contributed by atoms with Gasteiger partial charge in [-0.3, -0.25) is 9.10 Å². The summed E-state index contributed by atoms with van der Waals surface area (Å²) < 4.78 is 27.4. The van der Waals surface area contributed by atoms with Crippen molar-refractivity contribution in [1.82, 2.24) is 5.32 Å². The third kappa shape index (κ3) is 4.80. The van der Waals surface area contributed by atoms with Gasteiger partial charge in [0.15, 0.2) is 0 Å². The highest BCUT2D eigenvalue weighted by Crippen LogP contribution is 2.27. The molecule has 1 N–H and O–H groups in total. The van der Waals surface area contributed by atoms with E-state index in [0.717, 1.165) is 21.0 Å². The van der Waals surface area contributed by atoms with E-state index in [2.05, 4.69) is 11.4 Å². The van der Waals surface area contributed by atoms with Crippen LogP contribution in [0.4, 0.5) is 5.69 Å². The molecular formula is C25H28N2O3S. The predicted octanol–water partition coefficient (Wildman–Crippen LogP) is 4.93. The second-order valence-electron chi connectivity index (χ2n) is 7.84. The van der Waals surface area contributed by atoms with Crippen LogP contribution in [-0.4, -0.2) is 21.4 Å². The van der Waals surface area contributed by atoms with Gasteiger partial charge in [-0.15, -0.1) is 0 Å². The summed E-state index contributed by atoms with van der Waals surface area (Å²) in [5, 5.41) is 2.99. The average molecular weight is 437 g/mol. The quantitative estimate of drug-likeness (QED) is 0.596. The lowest BCUT2D eigenvalue weighted by Gasteiger charge is -2.23. The van der Waals surface area contributed by atoms with E-state index in [4.69, 9.17) is 0 Å². The van der Waals surface area contributed by atoms with E-state index in [1.807, 2.05) is 39.8 Å². The van der Waals surface area contributed by atoms with Crippen LogP contribution in [0.2, 0.25) is 0 Å². The number of nitrogens with zero attached hydrogens (tertiary/aromatic N) is 1. The van der Waals surface area contributed by atoms with E-state index in [0.29, 0.717) is 11.3 Å². The van der Waals surface area contributed by atoms with Gasteiger partial charge in [0.25, 0.3) is 15.9 Å². The smallest absolute Gasteiger partial charge is 0.264 e. The van der Waals surface area contributed by atoms with Crippen molar-refractivity contribution < 1.29 is 13.2 Å². The van der Waals surface area contributed by atoms with Crippen LogP contribution in [0.3, 0.4) is 0 Å². The lowest BCUT2D eigenvalue weighted by atomic mass is 10.0. The molecule has 1 atom stereocenters. The van der Waals surface area contributed by atoms with Crippen LogP contribution >= 0.6 is 0 Å². The van der Waals surface area contributed by atoms with Crippen LogP contribution < -0.4 is 9.62 Å². The molecule has 31 heavy (non-hydrogen) atoms. The normalized spacial score (nSPS) is 12.3. The largest absolute Gasteiger partial charge is 0.345 e. The summed E-state index contributed by atoms with van der Waals surface area (Å²) in [6.45, 7) is 7.89. The van der Waals surface area contributed by atoms with Gasteiger partial charge in [-0.05, 0) is 68.7 Å². The van der Waals surface area contributed by atoms with Gasteiger partial charge in [0, 0.05) is 7.05 Å². The van der Waals surface area contributed by atoms with Crippen molar-refractivity contribution in [2.75, 3.05) is 11.4 Å². The van der Waals surface area contributed by atoms with Gasteiger partial charge in [-0.1, -0.05) is 48.0 Å². The lowest BCUT2D eigenvalue weighted by Crippen LogP contribution is -2.32. The zero-order valence-electron chi connectivity index (χ0n) is 18.5. The summed E-state index contributed by atoms with van der Waals surface area (Å²) in [5.41, 5.74) is 4.94. The molecular weight excluding hydrogens is 408 g/mol. The molecule has 3 rings (SSSR count). The minimum Gasteiger partial charge on any atom is -0.345 e. The molecule has 162 valence electrons. The number of para-hydroxylation sites is 1. The van der Waals surface area contributed by atoms with Crippen LogP contribution in [0.25, 0.3) is 0 Å². The fourth-order valence-electron chi connectivity index (χ4n) is 3.33. The second-order valence-corrected chi connectivity index (χ2v) is 9.81. The lowest BCUT2D eigenvalue weighted by molar-refractivity contribution is 0.0940. The molecule has 0 saturated carbocycles. The van der Waals surface area contributed by atoms with Crippen molar-refractivity contribution in [3.05, 3.63) is 94.5 Å². The van der Waals surface area contributed by atoms with Gasteiger partial charge < -0.3 is 5.32 Å². The molecule has 0 saturated heterocycles. The number of anilines is 1. The molecule has 0 aliphatic heterocycles. The molecule has 0 fully saturated rings. The molecule has 3 aromatic rings. The number of hydrogen-bond acceptors (Lipinski definition) is 3. The first kappa shape index (κ1) is 22.6. The third-order valence-corrected chi connectivity index (χ3v) is 7.33. The predicted molar refractivity (Wildman–Crippen MR) is 125 cm³/mol. The number of hydrogen-bond donors (Lipinski definition) is 1. The van der Waals surface area contributed by atoms with Crippen molar-refractivity contribution in [2.24, 2.45) is 0 Å². The fraction of sp³-hybridized carbons (Fsp3) is 0.240. The van der Waals surface area contributed by atoms with Crippen molar-refractivity contribution in [3.63, 3.8) is 0 Å². The summed E-state index contributed by atoms with van der Waals surface area (Å²) in [6, 6.07) is 19.2. The fourth-order valence-corrected chi connectivity index (χ4v) is 4.54. The molecule has 0 aliphatic carbocycles. The van der Waals surface area contributed by atoms with Gasteiger partial charge in [0.05, 0.1) is 22.2 Å². The number of carbonyl (C=O) groups is 1. The van der Waals surface area contributed by atoms with Crippen LogP contribution in [0.1, 0.15) is 45.6 Å². The molecule has 0 heterocycles. The Kier molecular flexibility index (Phi) is 6.51. The van der Waals surface area contributed by atoms with E-state index in [9.17, 15) is 13.2 Å². The average Bonchev–Trinajstić information content (AvgIpc) is 2.75. The van der Waals surface area contributed by atoms with Crippen molar-refractivity contribution in [3.8, 4) is 0 Å². The zero-order valence-corrected chi connectivity index (χ0v) is 19.3. The summed E-state index contributed by atoms with van der Waals surface area (Å²) in [5.74, 6) is -0.327. The number of carbonyl (C=O) groups excluding carboxylic acids is 1. The maximum Gasteiger partial charge on any atom is 0.264 e. The highest BCUT2D eigenvalue weighted by molar-refractivity contribution is 7.92. The van der Waals surface area contributed by atoms with E-state index in [1.54, 1.807) is 48.5 Å². The molecule has 1 unspecified atom stereocenters. The Morgan fingerprint density at radius 1 is 0.903 bits per heavy atom. The van der Waals surface area contributed by atoms with Crippen molar-refractivity contribution in [1.29, 1.82) is 0 Å². The third-order valence-electron chi connectivity index (χ3n) is 5.55. The van der Waals surface area contributed by atoms with Crippen LogP contribution in [0, 0.1) is 20.8 Å². The molecule has 0 bridgehead atoms. The first-order chi connectivity index (χ1) is 14.6. The monoisotopic (exact) mass is 436 g/mol. The Balaban J connectivity index is 1.89. The van der Waals surface area contributed by atoms with E-state index >= 15 is 0 Å². The number of amides is 1. The second kappa shape index (κ2) is 8.94. The van der Waals surface area contributed by atoms with Crippen molar-refractivity contribution >= 4 is 21.6 Å². The summed E-state index contributed by atoms with van der Waals surface area (Å²) in [7, 11) is -2.34. The van der Waals surface area contributed by atoms with Crippen molar-refractivity contribution in [2.45, 2.75) is 38.6 Å². The van der Waals surface area contributed by atoms with Crippen LogP contribution in [0.15, 0.2) is 71.6 Å². The zero-order chi connectivity index (χ0) is 22.8. The van der Waals surface area contributed by atoms with Gasteiger partial charge in [-0.25, -0.2) is 8.42 Å². The van der Waals surface area contributed by atoms with Gasteiger partial charge in [0.2, 0.25) is 0 Å². The van der Waals surface area contributed by atoms with E-state index in [-0.39, 0.29) is 16.8 Å². The highest BCUT2D eigenvalue weighted by Gasteiger charge is 2.25.